The zero-order valence-electron chi connectivity index (χ0n) is 19.0. The van der Waals surface area contributed by atoms with Crippen molar-refractivity contribution in [1.82, 2.24) is 10.5 Å². The molecule has 2 atom stereocenters. The van der Waals surface area contributed by atoms with Gasteiger partial charge in [0.2, 0.25) is 0 Å². The molecule has 2 aromatic rings. The van der Waals surface area contributed by atoms with E-state index in [0.29, 0.717) is 19.7 Å². The van der Waals surface area contributed by atoms with Gasteiger partial charge in [-0.15, -0.1) is 0 Å². The van der Waals surface area contributed by atoms with E-state index < -0.39 is 21.7 Å². The largest absolute Gasteiger partial charge is 0.373 e. The van der Waals surface area contributed by atoms with E-state index in [1.165, 1.54) is 6.92 Å². The van der Waals surface area contributed by atoms with E-state index in [0.717, 1.165) is 24.0 Å². The van der Waals surface area contributed by atoms with Gasteiger partial charge in [-0.3, -0.25) is 10.0 Å². The predicted octanol–water partition coefficient (Wildman–Crippen LogP) is 3.80. The lowest BCUT2D eigenvalue weighted by molar-refractivity contribution is -0.132. The fraction of sp³-hybridized carbons (Fsp3) is 0.458. The Hall–Kier alpha value is -2.10. The highest BCUT2D eigenvalue weighted by Gasteiger charge is 2.43. The maximum Gasteiger partial charge on any atom is 0.264 e. The van der Waals surface area contributed by atoms with Crippen molar-refractivity contribution in [3.05, 3.63) is 71.8 Å². The van der Waals surface area contributed by atoms with E-state index >= 15 is 0 Å². The van der Waals surface area contributed by atoms with E-state index in [-0.39, 0.29) is 12.5 Å². The molecule has 2 aromatic carbocycles. The summed E-state index contributed by atoms with van der Waals surface area (Å²) in [6.07, 6.45) is 1.76. The van der Waals surface area contributed by atoms with Crippen LogP contribution < -0.4 is 5.48 Å². The average molecular weight is 463 g/mol. The van der Waals surface area contributed by atoms with Gasteiger partial charge in [-0.25, -0.2) is 9.69 Å². The average Bonchev–Trinajstić information content (AvgIpc) is 2.85. The molecule has 1 fully saturated rings. The molecule has 1 aliphatic heterocycles. The summed E-state index contributed by atoms with van der Waals surface area (Å²) in [7, 11) is 0. The number of carbonyl (C=O) groups excluding carboxylic acids is 1. The summed E-state index contributed by atoms with van der Waals surface area (Å²) in [6.45, 7) is 7.18. The molecule has 7 nitrogen and oxygen atoms in total. The van der Waals surface area contributed by atoms with Crippen molar-refractivity contribution in [3.8, 4) is 0 Å². The lowest BCUT2D eigenvalue weighted by atomic mass is 10.00. The first-order valence-electron chi connectivity index (χ1n) is 11.0. The van der Waals surface area contributed by atoms with Crippen LogP contribution in [0.4, 0.5) is 0 Å². The van der Waals surface area contributed by atoms with Gasteiger partial charge in [-0.1, -0.05) is 74.5 Å². The van der Waals surface area contributed by atoms with Crippen LogP contribution in [0.5, 0.6) is 0 Å². The third-order valence-electron chi connectivity index (χ3n) is 5.24. The van der Waals surface area contributed by atoms with Crippen molar-refractivity contribution in [2.75, 3.05) is 13.1 Å². The number of carbonyl (C=O) groups is 1. The molecule has 2 N–H and O–H groups in total. The van der Waals surface area contributed by atoms with E-state index in [1.54, 1.807) is 10.5 Å². The molecular formula is C24H34N2O5S. The Morgan fingerprint density at radius 3 is 2.12 bits per heavy atom. The van der Waals surface area contributed by atoms with Gasteiger partial charge < -0.3 is 4.74 Å². The minimum absolute atomic E-state index is 0.106. The quantitative estimate of drug-likeness (QED) is 0.435. The highest BCUT2D eigenvalue weighted by atomic mass is 32.2. The smallest absolute Gasteiger partial charge is 0.264 e. The second-order valence-corrected chi connectivity index (χ2v) is 9.09. The minimum atomic E-state index is -1.98. The fourth-order valence-electron chi connectivity index (χ4n) is 3.36. The molecule has 2 unspecified atom stereocenters. The van der Waals surface area contributed by atoms with Crippen LogP contribution in [0, 0.1) is 0 Å². The minimum Gasteiger partial charge on any atom is -0.373 e. The molecule has 32 heavy (non-hydrogen) atoms. The Bertz CT molecular complexity index is 829. The van der Waals surface area contributed by atoms with Gasteiger partial charge in [0.25, 0.3) is 5.91 Å². The van der Waals surface area contributed by atoms with Crippen molar-refractivity contribution < 1.29 is 23.2 Å². The molecule has 1 aliphatic rings. The van der Waals surface area contributed by atoms with Crippen molar-refractivity contribution in [2.24, 2.45) is 0 Å². The molecule has 0 saturated carbocycles. The normalized spacial score (nSPS) is 17.5. The first kappa shape index (κ1) is 26.2. The molecule has 176 valence electrons. The first-order chi connectivity index (χ1) is 15.5. The molecule has 0 aromatic heterocycles. The van der Waals surface area contributed by atoms with Crippen LogP contribution in [-0.4, -0.2) is 44.3 Å². The number of amides is 1. The summed E-state index contributed by atoms with van der Waals surface area (Å²) in [6, 6.07) is 19.2. The monoisotopic (exact) mass is 462 g/mol. The van der Waals surface area contributed by atoms with E-state index in [9.17, 15) is 14.2 Å². The van der Waals surface area contributed by atoms with Gasteiger partial charge in [0, 0.05) is 19.5 Å². The Morgan fingerprint density at radius 1 is 1.06 bits per heavy atom. The SMILES string of the molecule is CC.CC(Cc1ccccc1)(C(=O)NO)S(=O)ON1CCC(OCc2ccccc2)CC1. The van der Waals surface area contributed by atoms with E-state index in [2.05, 4.69) is 0 Å². The molecule has 0 radical (unpaired) electrons. The number of ether oxygens (including phenoxy) is 1. The number of hydrogen-bond acceptors (Lipinski definition) is 6. The summed E-state index contributed by atoms with van der Waals surface area (Å²) in [5.41, 5.74) is 3.59. The predicted molar refractivity (Wildman–Crippen MR) is 125 cm³/mol. The van der Waals surface area contributed by atoms with Crippen LogP contribution in [0.25, 0.3) is 0 Å². The lowest BCUT2D eigenvalue weighted by Gasteiger charge is -2.33. The zero-order chi connectivity index (χ0) is 23.4. The fourth-order valence-corrected chi connectivity index (χ4v) is 4.34. The van der Waals surface area contributed by atoms with Crippen LogP contribution in [0.1, 0.15) is 44.7 Å². The summed E-state index contributed by atoms with van der Waals surface area (Å²) < 4.78 is 23.2. The van der Waals surface area contributed by atoms with Gasteiger partial charge >= 0.3 is 0 Å². The zero-order valence-corrected chi connectivity index (χ0v) is 19.8. The number of nitrogens with zero attached hydrogens (tertiary/aromatic N) is 1. The molecule has 0 bridgehead atoms. The number of benzene rings is 2. The molecule has 3 rings (SSSR count). The Kier molecular flexibility index (Phi) is 11.0. The maximum absolute atomic E-state index is 13.0. The van der Waals surface area contributed by atoms with Crippen molar-refractivity contribution in [1.29, 1.82) is 0 Å². The van der Waals surface area contributed by atoms with Crippen molar-refractivity contribution in [3.63, 3.8) is 0 Å². The highest BCUT2D eigenvalue weighted by Crippen LogP contribution is 2.24. The number of hydrogen-bond donors (Lipinski definition) is 2. The van der Waals surface area contributed by atoms with Crippen molar-refractivity contribution in [2.45, 2.75) is 57.5 Å². The van der Waals surface area contributed by atoms with Gasteiger partial charge in [0.15, 0.2) is 15.8 Å². The number of hydroxylamine groups is 3. The molecule has 8 heteroatoms. The summed E-state index contributed by atoms with van der Waals surface area (Å²) >= 11 is -1.98. The Morgan fingerprint density at radius 2 is 1.59 bits per heavy atom. The third-order valence-corrected chi connectivity index (χ3v) is 6.65. The first-order valence-corrected chi connectivity index (χ1v) is 12.1. The number of rotatable bonds is 9. The molecule has 0 aliphatic carbocycles. The van der Waals surface area contributed by atoms with E-state index in [1.807, 2.05) is 74.5 Å². The number of nitrogens with one attached hydrogen (secondary N) is 1. The van der Waals surface area contributed by atoms with Crippen LogP contribution in [0.2, 0.25) is 0 Å². The maximum atomic E-state index is 13.0. The molecule has 0 spiro atoms. The Balaban J connectivity index is 0.00000176. The van der Waals surface area contributed by atoms with Crippen LogP contribution in [-0.2, 0) is 37.9 Å². The summed E-state index contributed by atoms with van der Waals surface area (Å²) in [5.74, 6) is -0.745. The van der Waals surface area contributed by atoms with Gasteiger partial charge in [0.1, 0.15) is 0 Å². The topological polar surface area (TPSA) is 88.1 Å². The van der Waals surface area contributed by atoms with Crippen LogP contribution in [0.15, 0.2) is 60.7 Å². The van der Waals surface area contributed by atoms with Gasteiger partial charge in [0.05, 0.1) is 12.7 Å². The second-order valence-electron chi connectivity index (χ2n) is 7.57. The van der Waals surface area contributed by atoms with Crippen molar-refractivity contribution >= 4 is 17.0 Å². The standard InChI is InChI=1S/C22H28N2O5S.C2H6/c1-22(21(25)23-26,16-18-8-4-2-5-9-18)30(27)29-24-14-12-20(13-15-24)28-17-19-10-6-3-7-11-19;1-2/h2-11,20,26H,12-17H2,1H3,(H,23,25);1-2H3. The lowest BCUT2D eigenvalue weighted by Crippen LogP contribution is -2.51. The summed E-state index contributed by atoms with van der Waals surface area (Å²) in [5, 5.41) is 10.8. The number of piperidine rings is 1. The molecule has 1 amide bonds. The van der Waals surface area contributed by atoms with Crippen LogP contribution >= 0.6 is 0 Å². The third kappa shape index (κ3) is 7.50. The molecular weight excluding hydrogens is 428 g/mol. The highest BCUT2D eigenvalue weighted by molar-refractivity contribution is 7.82. The van der Waals surface area contributed by atoms with Gasteiger partial charge in [-0.05, 0) is 30.9 Å². The van der Waals surface area contributed by atoms with Crippen LogP contribution in [0.3, 0.4) is 0 Å². The summed E-state index contributed by atoms with van der Waals surface area (Å²) in [4.78, 5) is 12.3. The molecule has 1 heterocycles. The van der Waals surface area contributed by atoms with Gasteiger partial charge in [-0.2, -0.15) is 9.35 Å². The molecule has 1 saturated heterocycles. The van der Waals surface area contributed by atoms with E-state index in [4.69, 9.17) is 9.02 Å². The Labute approximate surface area is 193 Å². The second kappa shape index (κ2) is 13.4.